The first kappa shape index (κ1) is 27.7. The lowest BCUT2D eigenvalue weighted by Gasteiger charge is -2.19. The summed E-state index contributed by atoms with van der Waals surface area (Å²) in [4.78, 5) is 11.5. The number of aryl methyl sites for hydroxylation is 1. The van der Waals surface area contributed by atoms with Crippen molar-refractivity contribution in [2.45, 2.75) is 83.2 Å². The molecule has 5 nitrogen and oxygen atoms in total. The Morgan fingerprint density at radius 2 is 2.03 bits per heavy atom. The summed E-state index contributed by atoms with van der Waals surface area (Å²) >= 11 is 8.62. The minimum absolute atomic E-state index is 0.0856. The van der Waals surface area contributed by atoms with Crippen LogP contribution in [-0.4, -0.2) is 45.7 Å². The molecule has 0 amide bonds. The molecule has 1 aliphatic carbocycles. The second kappa shape index (κ2) is 14.0. The first-order valence-electron chi connectivity index (χ1n) is 11.2. The number of esters is 1. The van der Waals surface area contributed by atoms with E-state index in [1.165, 1.54) is 0 Å². The number of carbonyl (C=O) groups is 1. The molecule has 3 N–H and O–H groups in total. The molecule has 1 aliphatic rings. The van der Waals surface area contributed by atoms with E-state index in [-0.39, 0.29) is 23.9 Å². The Balaban J connectivity index is 1.79. The van der Waals surface area contributed by atoms with Crippen LogP contribution in [-0.2, 0) is 16.0 Å². The summed E-state index contributed by atoms with van der Waals surface area (Å²) in [5.41, 5.74) is 1.16. The van der Waals surface area contributed by atoms with Crippen LogP contribution in [0.4, 0.5) is 0 Å². The summed E-state index contributed by atoms with van der Waals surface area (Å²) in [5, 5.41) is 31.1. The van der Waals surface area contributed by atoms with Gasteiger partial charge >= 0.3 is 5.97 Å². The fraction of sp³-hybridized carbons (Fsp3) is 0.625. The molecule has 5 atom stereocenters. The fourth-order valence-corrected chi connectivity index (χ4v) is 6.88. The van der Waals surface area contributed by atoms with Crippen LogP contribution in [0, 0.1) is 11.8 Å². The molecule has 0 spiro atoms. The maximum Gasteiger partial charge on any atom is 0.306 e. The zero-order valence-electron chi connectivity index (χ0n) is 18.6. The molecular formula is C24H34Br2O5S. The third kappa shape index (κ3) is 9.39. The number of carbonyl (C=O) groups excluding carboxylic acids is 1. The molecule has 0 bridgehead atoms. The van der Waals surface area contributed by atoms with Crippen LogP contribution in [0.25, 0.3) is 0 Å². The van der Waals surface area contributed by atoms with Crippen molar-refractivity contribution in [3.8, 4) is 0 Å². The number of unbranched alkanes of at least 4 members (excludes halogenated alkanes) is 1. The van der Waals surface area contributed by atoms with E-state index >= 15 is 0 Å². The van der Waals surface area contributed by atoms with Crippen LogP contribution in [0.15, 0.2) is 37.9 Å². The molecule has 1 heterocycles. The summed E-state index contributed by atoms with van der Waals surface area (Å²) in [7, 11) is 0. The van der Waals surface area contributed by atoms with Crippen molar-refractivity contribution >= 4 is 49.2 Å². The van der Waals surface area contributed by atoms with Crippen molar-refractivity contribution in [2.75, 3.05) is 0 Å². The van der Waals surface area contributed by atoms with E-state index < -0.39 is 18.3 Å². The molecule has 2 rings (SSSR count). The van der Waals surface area contributed by atoms with Crippen LogP contribution >= 0.6 is 43.2 Å². The van der Waals surface area contributed by atoms with Crippen LogP contribution in [0.2, 0.25) is 0 Å². The third-order valence-electron chi connectivity index (χ3n) is 5.60. The van der Waals surface area contributed by atoms with Gasteiger partial charge in [0, 0.05) is 18.8 Å². The molecule has 0 aliphatic heterocycles. The largest absolute Gasteiger partial charge is 0.463 e. The highest BCUT2D eigenvalue weighted by Crippen LogP contribution is 2.37. The number of aliphatic hydroxyl groups excluding tert-OH is 3. The summed E-state index contributed by atoms with van der Waals surface area (Å²) in [6.45, 7) is 3.68. The van der Waals surface area contributed by atoms with Crippen molar-refractivity contribution in [1.29, 1.82) is 0 Å². The summed E-state index contributed by atoms with van der Waals surface area (Å²) in [6, 6.07) is 2.05. The van der Waals surface area contributed by atoms with Gasteiger partial charge in [0.2, 0.25) is 0 Å². The highest BCUT2D eigenvalue weighted by molar-refractivity contribution is 9.12. The first-order chi connectivity index (χ1) is 15.2. The average molecular weight is 594 g/mol. The predicted octanol–water partition coefficient (Wildman–Crippen LogP) is 5.55. The summed E-state index contributed by atoms with van der Waals surface area (Å²) in [6.07, 6.45) is 10.0. The van der Waals surface area contributed by atoms with E-state index in [1.807, 2.05) is 32.1 Å². The fourth-order valence-electron chi connectivity index (χ4n) is 3.96. The van der Waals surface area contributed by atoms with Gasteiger partial charge in [0.25, 0.3) is 0 Å². The Morgan fingerprint density at radius 1 is 1.28 bits per heavy atom. The standard InChI is InChI=1S/C24H34Br2O5S/c1-15(2)31-23(30)8-6-4-3-5-7-18-19(21(29)14-20(18)28)12-11-17(27)10-9-16-13-22(25)32-24(16)26/h3,5,11-13,15,17-21,27-29H,4,6-10,14H2,1-2H3/b5-3+,12-11+/t17-,18+,19+,20-,21+/m0/s1. The molecule has 1 aromatic rings. The highest BCUT2D eigenvalue weighted by Gasteiger charge is 2.39. The van der Waals surface area contributed by atoms with Gasteiger partial charge in [-0.2, -0.15) is 0 Å². The number of aliphatic hydroxyl groups is 3. The number of rotatable bonds is 12. The molecule has 1 fully saturated rings. The summed E-state index contributed by atoms with van der Waals surface area (Å²) < 4.78 is 7.24. The average Bonchev–Trinajstić information content (AvgIpc) is 3.17. The SMILES string of the molecule is CC(C)OC(=O)CCC/C=C/C[C@@H]1[C@@H](/C=C/[C@@H](O)CCc2cc(Br)sc2Br)[C@H](O)C[C@@H]1O. The Labute approximate surface area is 211 Å². The lowest BCUT2D eigenvalue weighted by Crippen LogP contribution is -2.20. The molecule has 32 heavy (non-hydrogen) atoms. The maximum atomic E-state index is 11.5. The Morgan fingerprint density at radius 3 is 2.69 bits per heavy atom. The minimum Gasteiger partial charge on any atom is -0.463 e. The lowest BCUT2D eigenvalue weighted by atomic mass is 9.89. The number of halogens is 2. The minimum atomic E-state index is -0.611. The highest BCUT2D eigenvalue weighted by atomic mass is 79.9. The molecule has 1 aromatic heterocycles. The predicted molar refractivity (Wildman–Crippen MR) is 136 cm³/mol. The zero-order chi connectivity index (χ0) is 23.7. The van der Waals surface area contributed by atoms with Gasteiger partial charge in [-0.25, -0.2) is 0 Å². The van der Waals surface area contributed by atoms with Gasteiger partial charge in [0.05, 0.1) is 32.0 Å². The second-order valence-electron chi connectivity index (χ2n) is 8.59. The molecule has 0 aromatic carbocycles. The van der Waals surface area contributed by atoms with Gasteiger partial charge in [-0.05, 0) is 95.4 Å². The molecule has 0 radical (unpaired) electrons. The molecule has 0 unspecified atom stereocenters. The van der Waals surface area contributed by atoms with Crippen molar-refractivity contribution in [2.24, 2.45) is 11.8 Å². The number of thiophene rings is 1. The monoisotopic (exact) mass is 592 g/mol. The second-order valence-corrected chi connectivity index (χ2v) is 12.3. The Hall–Kier alpha value is -0.510. The van der Waals surface area contributed by atoms with Crippen LogP contribution in [0.1, 0.15) is 57.9 Å². The number of ether oxygens (including phenoxy) is 1. The van der Waals surface area contributed by atoms with E-state index in [1.54, 1.807) is 17.4 Å². The van der Waals surface area contributed by atoms with Crippen molar-refractivity contribution in [1.82, 2.24) is 0 Å². The molecule has 180 valence electrons. The summed E-state index contributed by atoms with van der Waals surface area (Å²) in [5.74, 6) is -0.449. The zero-order valence-corrected chi connectivity index (χ0v) is 22.6. The van der Waals surface area contributed by atoms with E-state index in [0.29, 0.717) is 25.7 Å². The van der Waals surface area contributed by atoms with Gasteiger partial charge in [-0.15, -0.1) is 11.3 Å². The normalized spacial score (nSPS) is 24.8. The van der Waals surface area contributed by atoms with Crippen LogP contribution < -0.4 is 0 Å². The van der Waals surface area contributed by atoms with Gasteiger partial charge in [0.1, 0.15) is 0 Å². The van der Waals surface area contributed by atoms with Gasteiger partial charge < -0.3 is 20.1 Å². The van der Waals surface area contributed by atoms with E-state index in [4.69, 9.17) is 4.74 Å². The van der Waals surface area contributed by atoms with Gasteiger partial charge in [-0.1, -0.05) is 24.3 Å². The Kier molecular flexibility index (Phi) is 12.1. The Bertz CT molecular complexity index is 776. The van der Waals surface area contributed by atoms with Gasteiger partial charge in [0.15, 0.2) is 0 Å². The number of hydrogen-bond acceptors (Lipinski definition) is 6. The quantitative estimate of drug-likeness (QED) is 0.168. The lowest BCUT2D eigenvalue weighted by molar-refractivity contribution is -0.147. The molecule has 1 saturated carbocycles. The van der Waals surface area contributed by atoms with E-state index in [2.05, 4.69) is 37.9 Å². The molecule has 8 heteroatoms. The third-order valence-corrected chi connectivity index (χ3v) is 8.07. The molecule has 0 saturated heterocycles. The maximum absolute atomic E-state index is 11.5. The van der Waals surface area contributed by atoms with Crippen molar-refractivity contribution in [3.05, 3.63) is 43.5 Å². The van der Waals surface area contributed by atoms with Crippen LogP contribution in [0.5, 0.6) is 0 Å². The smallest absolute Gasteiger partial charge is 0.306 e. The first-order valence-corrected chi connectivity index (χ1v) is 13.6. The topological polar surface area (TPSA) is 87.0 Å². The van der Waals surface area contributed by atoms with Crippen molar-refractivity contribution in [3.63, 3.8) is 0 Å². The molecular weight excluding hydrogens is 560 g/mol. The number of hydrogen-bond donors (Lipinski definition) is 3. The number of allylic oxidation sites excluding steroid dienone is 2. The van der Waals surface area contributed by atoms with E-state index in [0.717, 1.165) is 32.4 Å². The van der Waals surface area contributed by atoms with Gasteiger partial charge in [-0.3, -0.25) is 4.79 Å². The van der Waals surface area contributed by atoms with E-state index in [9.17, 15) is 20.1 Å². The van der Waals surface area contributed by atoms with Crippen LogP contribution in [0.3, 0.4) is 0 Å². The van der Waals surface area contributed by atoms with Crippen molar-refractivity contribution < 1.29 is 24.9 Å².